The molecule has 21 heavy (non-hydrogen) atoms. The monoisotopic (exact) mass is 292 g/mol. The molecule has 1 aromatic rings. The molecule has 1 aliphatic heterocycles. The van der Waals surface area contributed by atoms with E-state index in [1.54, 1.807) is 0 Å². The van der Waals surface area contributed by atoms with Gasteiger partial charge in [-0.2, -0.15) is 0 Å². The van der Waals surface area contributed by atoms with E-state index in [0.29, 0.717) is 5.92 Å². The van der Waals surface area contributed by atoms with Crippen molar-refractivity contribution in [2.24, 2.45) is 5.92 Å². The van der Waals surface area contributed by atoms with Crippen LogP contribution in [0.4, 0.5) is 11.4 Å². The summed E-state index contributed by atoms with van der Waals surface area (Å²) in [7, 11) is 6.16. The molecule has 5 heteroatoms. The lowest BCUT2D eigenvalue weighted by atomic mass is 9.94. The maximum absolute atomic E-state index is 6.22. The SMILES string of the molecule is CCC(CCCN(C)C)C1(NC)Nc2cc(N)ccc2O1. The van der Waals surface area contributed by atoms with Crippen LogP contribution in [0, 0.1) is 5.92 Å². The molecule has 0 radical (unpaired) electrons. The highest BCUT2D eigenvalue weighted by atomic mass is 16.5. The fourth-order valence-corrected chi connectivity index (χ4v) is 2.99. The van der Waals surface area contributed by atoms with Crippen LogP contribution >= 0.6 is 0 Å². The predicted octanol–water partition coefficient (Wildman–Crippen LogP) is 2.31. The summed E-state index contributed by atoms with van der Waals surface area (Å²) in [5.41, 5.74) is 7.58. The van der Waals surface area contributed by atoms with Crippen molar-refractivity contribution < 1.29 is 4.74 Å². The molecule has 2 unspecified atom stereocenters. The van der Waals surface area contributed by atoms with Gasteiger partial charge in [-0.05, 0) is 65.1 Å². The van der Waals surface area contributed by atoms with Crippen molar-refractivity contribution in [3.63, 3.8) is 0 Å². The zero-order valence-corrected chi connectivity index (χ0v) is 13.6. The van der Waals surface area contributed by atoms with Crippen LogP contribution in [0.1, 0.15) is 26.2 Å². The second kappa shape index (κ2) is 6.54. The quantitative estimate of drug-likeness (QED) is 0.673. The highest BCUT2D eigenvalue weighted by Crippen LogP contribution is 2.41. The van der Waals surface area contributed by atoms with Gasteiger partial charge in [0.1, 0.15) is 5.75 Å². The van der Waals surface area contributed by atoms with Crippen molar-refractivity contribution in [2.75, 3.05) is 38.7 Å². The minimum Gasteiger partial charge on any atom is -0.452 e. The first-order valence-electron chi connectivity index (χ1n) is 7.71. The lowest BCUT2D eigenvalue weighted by molar-refractivity contribution is 0.0164. The standard InChI is InChI=1S/C16H28N4O/c1-5-12(7-6-10-20(3)4)16(18-2)19-14-11-13(17)8-9-15(14)21-16/h8-9,11-12,18-19H,5-7,10,17H2,1-4H3. The van der Waals surface area contributed by atoms with Crippen LogP contribution in [-0.4, -0.2) is 38.4 Å². The molecular formula is C16H28N4O. The van der Waals surface area contributed by atoms with E-state index < -0.39 is 5.85 Å². The normalized spacial score (nSPS) is 21.8. The van der Waals surface area contributed by atoms with E-state index >= 15 is 0 Å². The van der Waals surface area contributed by atoms with E-state index in [0.717, 1.165) is 42.9 Å². The van der Waals surface area contributed by atoms with Gasteiger partial charge in [-0.1, -0.05) is 6.92 Å². The minimum absolute atomic E-state index is 0.385. The third-order valence-corrected chi connectivity index (χ3v) is 4.19. The second-order valence-corrected chi connectivity index (χ2v) is 6.02. The molecule has 0 saturated carbocycles. The summed E-state index contributed by atoms with van der Waals surface area (Å²) >= 11 is 0. The van der Waals surface area contributed by atoms with E-state index in [-0.39, 0.29) is 0 Å². The number of ether oxygens (including phenoxy) is 1. The average molecular weight is 292 g/mol. The Kier molecular flexibility index (Phi) is 4.96. The smallest absolute Gasteiger partial charge is 0.241 e. The van der Waals surface area contributed by atoms with Gasteiger partial charge in [-0.15, -0.1) is 0 Å². The summed E-state index contributed by atoms with van der Waals surface area (Å²) in [6, 6.07) is 5.74. The second-order valence-electron chi connectivity index (χ2n) is 6.02. The number of anilines is 2. The number of fused-ring (bicyclic) bond motifs is 1. The molecule has 1 aromatic carbocycles. The van der Waals surface area contributed by atoms with Crippen molar-refractivity contribution >= 4 is 11.4 Å². The maximum Gasteiger partial charge on any atom is 0.241 e. The molecule has 1 heterocycles. The topological polar surface area (TPSA) is 62.5 Å². The van der Waals surface area contributed by atoms with Crippen LogP contribution in [0.3, 0.4) is 0 Å². The number of nitrogen functional groups attached to an aromatic ring is 1. The molecule has 2 atom stereocenters. The van der Waals surface area contributed by atoms with Crippen molar-refractivity contribution in [2.45, 2.75) is 32.0 Å². The van der Waals surface area contributed by atoms with Gasteiger partial charge in [-0.3, -0.25) is 5.32 Å². The van der Waals surface area contributed by atoms with Gasteiger partial charge in [-0.25, -0.2) is 0 Å². The lowest BCUT2D eigenvalue weighted by Crippen LogP contribution is -2.57. The van der Waals surface area contributed by atoms with Crippen LogP contribution in [0.5, 0.6) is 5.75 Å². The Hall–Kier alpha value is -1.46. The summed E-state index contributed by atoms with van der Waals surface area (Å²) in [6.45, 7) is 3.30. The molecule has 0 spiro atoms. The van der Waals surface area contributed by atoms with Crippen LogP contribution in [0.25, 0.3) is 0 Å². The Balaban J connectivity index is 2.11. The third kappa shape index (κ3) is 3.41. The Morgan fingerprint density at radius 1 is 1.43 bits per heavy atom. The molecule has 0 bridgehead atoms. The minimum atomic E-state index is -0.531. The molecule has 118 valence electrons. The van der Waals surface area contributed by atoms with E-state index in [2.05, 4.69) is 36.6 Å². The predicted molar refractivity (Wildman–Crippen MR) is 88.5 cm³/mol. The Labute approximate surface area is 127 Å². The van der Waals surface area contributed by atoms with Gasteiger partial charge in [0.05, 0.1) is 5.69 Å². The molecule has 1 aliphatic rings. The first kappa shape index (κ1) is 15.9. The largest absolute Gasteiger partial charge is 0.452 e. The van der Waals surface area contributed by atoms with E-state index in [1.165, 1.54) is 0 Å². The van der Waals surface area contributed by atoms with Crippen molar-refractivity contribution in [1.29, 1.82) is 0 Å². The van der Waals surface area contributed by atoms with E-state index in [1.807, 2.05) is 25.2 Å². The third-order valence-electron chi connectivity index (χ3n) is 4.19. The van der Waals surface area contributed by atoms with Gasteiger partial charge in [0.2, 0.25) is 5.85 Å². The number of hydrogen-bond acceptors (Lipinski definition) is 5. The molecule has 0 amide bonds. The average Bonchev–Trinajstić information content (AvgIpc) is 2.82. The summed E-state index contributed by atoms with van der Waals surface area (Å²) in [5, 5.41) is 6.85. The Morgan fingerprint density at radius 2 is 2.19 bits per heavy atom. The molecule has 0 fully saturated rings. The fraction of sp³-hybridized carbons (Fsp3) is 0.625. The first-order chi connectivity index (χ1) is 10.0. The first-order valence-corrected chi connectivity index (χ1v) is 7.71. The lowest BCUT2D eigenvalue weighted by Gasteiger charge is -2.36. The zero-order chi connectivity index (χ0) is 15.5. The number of nitrogens with one attached hydrogen (secondary N) is 2. The van der Waals surface area contributed by atoms with Crippen LogP contribution in [-0.2, 0) is 0 Å². The Bertz CT molecular complexity index is 477. The summed E-state index contributed by atoms with van der Waals surface area (Å²) in [6.07, 6.45) is 3.30. The van der Waals surface area contributed by atoms with Gasteiger partial charge >= 0.3 is 0 Å². The van der Waals surface area contributed by atoms with Crippen LogP contribution < -0.4 is 21.1 Å². The zero-order valence-electron chi connectivity index (χ0n) is 13.6. The highest BCUT2D eigenvalue weighted by Gasteiger charge is 2.43. The number of nitrogens with zero attached hydrogens (tertiary/aromatic N) is 1. The van der Waals surface area contributed by atoms with Crippen LogP contribution in [0.2, 0.25) is 0 Å². The molecule has 0 aromatic heterocycles. The molecule has 0 aliphatic carbocycles. The summed E-state index contributed by atoms with van der Waals surface area (Å²) in [5.74, 6) is 0.720. The number of hydrogen-bond donors (Lipinski definition) is 3. The number of benzene rings is 1. The van der Waals surface area contributed by atoms with Crippen molar-refractivity contribution in [3.8, 4) is 5.75 Å². The van der Waals surface area contributed by atoms with Gasteiger partial charge in [0.25, 0.3) is 0 Å². The summed E-state index contributed by atoms with van der Waals surface area (Å²) < 4.78 is 6.22. The van der Waals surface area contributed by atoms with Gasteiger partial charge in [0.15, 0.2) is 0 Å². The number of rotatable bonds is 7. The molecule has 2 rings (SSSR count). The maximum atomic E-state index is 6.22. The molecule has 5 nitrogen and oxygen atoms in total. The molecular weight excluding hydrogens is 264 g/mol. The van der Waals surface area contributed by atoms with Gasteiger partial charge < -0.3 is 20.7 Å². The van der Waals surface area contributed by atoms with E-state index in [9.17, 15) is 0 Å². The van der Waals surface area contributed by atoms with Crippen LogP contribution in [0.15, 0.2) is 18.2 Å². The number of nitrogens with two attached hydrogens (primary N) is 1. The fourth-order valence-electron chi connectivity index (χ4n) is 2.99. The van der Waals surface area contributed by atoms with Crippen molar-refractivity contribution in [1.82, 2.24) is 10.2 Å². The highest BCUT2D eigenvalue weighted by molar-refractivity contribution is 5.67. The Morgan fingerprint density at radius 3 is 2.81 bits per heavy atom. The molecule has 0 saturated heterocycles. The van der Waals surface area contributed by atoms with Gasteiger partial charge in [0, 0.05) is 11.6 Å². The molecule has 4 N–H and O–H groups in total. The van der Waals surface area contributed by atoms with Crippen molar-refractivity contribution in [3.05, 3.63) is 18.2 Å². The van der Waals surface area contributed by atoms with E-state index in [4.69, 9.17) is 10.5 Å². The summed E-state index contributed by atoms with van der Waals surface area (Å²) in [4.78, 5) is 2.22.